The molecule has 5 heteroatoms. The van der Waals surface area contributed by atoms with Crippen molar-refractivity contribution in [3.8, 4) is 0 Å². The second kappa shape index (κ2) is 8.36. The molecule has 1 heterocycles. The highest BCUT2D eigenvalue weighted by atomic mass is 32.2. The molecule has 0 aromatic heterocycles. The highest BCUT2D eigenvalue weighted by Crippen LogP contribution is 2.45. The lowest BCUT2D eigenvalue weighted by molar-refractivity contribution is -0.139. The van der Waals surface area contributed by atoms with E-state index in [9.17, 15) is 15.0 Å². The summed E-state index contributed by atoms with van der Waals surface area (Å²) in [5.74, 6) is -1.08. The van der Waals surface area contributed by atoms with Crippen LogP contribution < -0.4 is 0 Å². The Hall–Kier alpha value is -2.34. The fourth-order valence-electron chi connectivity index (χ4n) is 2.92. The molecule has 0 saturated carbocycles. The van der Waals surface area contributed by atoms with Crippen molar-refractivity contribution < 1.29 is 20.1 Å². The predicted molar refractivity (Wildman–Crippen MR) is 102 cm³/mol. The summed E-state index contributed by atoms with van der Waals surface area (Å²) in [5, 5.41) is 28.2. The zero-order chi connectivity index (χ0) is 18.5. The molecule has 2 atom stereocenters. The highest BCUT2D eigenvalue weighted by molar-refractivity contribution is 7.99. The molecule has 0 unspecified atom stereocenters. The number of aliphatic hydroxyl groups excluding tert-OH is 2. The van der Waals surface area contributed by atoms with Gasteiger partial charge in [0, 0.05) is 16.2 Å². The van der Waals surface area contributed by atoms with Crippen molar-refractivity contribution in [3.63, 3.8) is 0 Å². The zero-order valence-electron chi connectivity index (χ0n) is 14.1. The Morgan fingerprint density at radius 3 is 2.15 bits per heavy atom. The first-order chi connectivity index (χ1) is 12.5. The van der Waals surface area contributed by atoms with E-state index in [1.807, 2.05) is 30.3 Å². The van der Waals surface area contributed by atoms with Crippen LogP contribution in [0, 0.1) is 0 Å². The lowest BCUT2D eigenvalue weighted by atomic mass is 9.96. The third-order valence-corrected chi connectivity index (χ3v) is 5.25. The SMILES string of the molecule is O=C(O)C[C@H](O)C[C@H](O)/C=C/C=C1c2ccccc2Sc2ccccc21. The minimum absolute atomic E-state index is 0.00496. The molecular formula is C21H20O4S. The van der Waals surface area contributed by atoms with Gasteiger partial charge in [-0.2, -0.15) is 0 Å². The number of allylic oxidation sites excluding steroid dienone is 2. The first kappa shape index (κ1) is 18.5. The lowest BCUT2D eigenvalue weighted by Crippen LogP contribution is -2.19. The van der Waals surface area contributed by atoms with E-state index in [2.05, 4.69) is 24.3 Å². The minimum atomic E-state index is -1.08. The molecular weight excluding hydrogens is 348 g/mol. The van der Waals surface area contributed by atoms with Crippen molar-refractivity contribution in [2.45, 2.75) is 34.8 Å². The van der Waals surface area contributed by atoms with Crippen LogP contribution in [-0.4, -0.2) is 33.5 Å². The summed E-state index contributed by atoms with van der Waals surface area (Å²) in [6.07, 6.45) is 2.95. The standard InChI is InChI=1S/C21H20O4S/c22-14(12-15(23)13-21(24)25)6-5-9-16-17-7-1-3-10-19(17)26-20-11-4-2-8-18(16)20/h1-11,14-15,22-23H,12-13H2,(H,24,25)/b6-5+/t14-,15-/m1/s1. The Kier molecular flexibility index (Phi) is 5.93. The van der Waals surface area contributed by atoms with E-state index < -0.39 is 18.2 Å². The number of benzene rings is 2. The van der Waals surface area contributed by atoms with Gasteiger partial charge in [0.2, 0.25) is 0 Å². The number of hydrogen-bond acceptors (Lipinski definition) is 4. The van der Waals surface area contributed by atoms with Gasteiger partial charge in [-0.1, -0.05) is 66.4 Å². The van der Waals surface area contributed by atoms with E-state index in [-0.39, 0.29) is 12.8 Å². The molecule has 0 spiro atoms. The molecule has 4 nitrogen and oxygen atoms in total. The third kappa shape index (κ3) is 4.43. The number of carboxylic acid groups (broad SMARTS) is 1. The molecule has 1 aliphatic rings. The summed E-state index contributed by atoms with van der Waals surface area (Å²) in [6, 6.07) is 16.4. The van der Waals surface area contributed by atoms with Crippen molar-refractivity contribution in [1.82, 2.24) is 0 Å². The van der Waals surface area contributed by atoms with Crippen LogP contribution in [-0.2, 0) is 4.79 Å². The Balaban J connectivity index is 1.81. The Bertz CT molecular complexity index is 809. The van der Waals surface area contributed by atoms with Crippen LogP contribution in [0.4, 0.5) is 0 Å². The number of hydrogen-bond donors (Lipinski definition) is 3. The molecule has 0 bridgehead atoms. The highest BCUT2D eigenvalue weighted by Gasteiger charge is 2.19. The van der Waals surface area contributed by atoms with Gasteiger partial charge in [0.25, 0.3) is 0 Å². The monoisotopic (exact) mass is 368 g/mol. The minimum Gasteiger partial charge on any atom is -0.481 e. The third-order valence-electron chi connectivity index (χ3n) is 4.09. The van der Waals surface area contributed by atoms with E-state index in [1.54, 1.807) is 23.9 Å². The fraction of sp³-hybridized carbons (Fsp3) is 0.190. The number of carbonyl (C=O) groups is 1. The lowest BCUT2D eigenvalue weighted by Gasteiger charge is -2.21. The van der Waals surface area contributed by atoms with Crippen molar-refractivity contribution in [2.75, 3.05) is 0 Å². The molecule has 0 amide bonds. The van der Waals surface area contributed by atoms with E-state index >= 15 is 0 Å². The van der Waals surface area contributed by atoms with Gasteiger partial charge < -0.3 is 15.3 Å². The van der Waals surface area contributed by atoms with Crippen LogP contribution in [0.25, 0.3) is 5.57 Å². The Morgan fingerprint density at radius 2 is 1.58 bits per heavy atom. The summed E-state index contributed by atoms with van der Waals surface area (Å²) in [5.41, 5.74) is 3.35. The predicted octanol–water partition coefficient (Wildman–Crippen LogP) is 3.73. The number of aliphatic carboxylic acids is 1. The Morgan fingerprint density at radius 1 is 1.00 bits per heavy atom. The average molecular weight is 368 g/mol. The number of carboxylic acids is 1. The molecule has 0 saturated heterocycles. The Labute approximate surface area is 156 Å². The van der Waals surface area contributed by atoms with E-state index in [0.29, 0.717) is 0 Å². The molecule has 134 valence electrons. The summed E-state index contributed by atoms with van der Waals surface area (Å²) in [7, 11) is 0. The van der Waals surface area contributed by atoms with E-state index in [4.69, 9.17) is 5.11 Å². The molecule has 26 heavy (non-hydrogen) atoms. The molecule has 3 N–H and O–H groups in total. The number of rotatable bonds is 6. The van der Waals surface area contributed by atoms with E-state index in [1.165, 1.54) is 9.79 Å². The van der Waals surface area contributed by atoms with Gasteiger partial charge in [-0.15, -0.1) is 0 Å². The van der Waals surface area contributed by atoms with Crippen LogP contribution in [0.15, 0.2) is 76.5 Å². The summed E-state index contributed by atoms with van der Waals surface area (Å²) >= 11 is 1.74. The van der Waals surface area contributed by atoms with Crippen molar-refractivity contribution in [3.05, 3.63) is 77.9 Å². The fourth-order valence-corrected chi connectivity index (χ4v) is 4.03. The maximum Gasteiger partial charge on any atom is 0.305 e. The molecule has 3 rings (SSSR count). The zero-order valence-corrected chi connectivity index (χ0v) is 14.9. The maximum absolute atomic E-state index is 10.6. The van der Waals surface area contributed by atoms with Gasteiger partial charge in [-0.3, -0.25) is 4.79 Å². The van der Waals surface area contributed by atoms with Crippen molar-refractivity contribution in [1.29, 1.82) is 0 Å². The maximum atomic E-state index is 10.6. The first-order valence-electron chi connectivity index (χ1n) is 8.37. The van der Waals surface area contributed by atoms with Gasteiger partial charge in [0.15, 0.2) is 0 Å². The van der Waals surface area contributed by atoms with Crippen LogP contribution in [0.1, 0.15) is 24.0 Å². The molecule has 0 fully saturated rings. The molecule has 0 radical (unpaired) electrons. The molecule has 0 aliphatic carbocycles. The largest absolute Gasteiger partial charge is 0.481 e. The average Bonchev–Trinajstić information content (AvgIpc) is 2.60. The van der Waals surface area contributed by atoms with Crippen LogP contribution in [0.3, 0.4) is 0 Å². The second-order valence-corrected chi connectivity index (χ2v) is 7.20. The van der Waals surface area contributed by atoms with Crippen molar-refractivity contribution in [2.24, 2.45) is 0 Å². The van der Waals surface area contributed by atoms with Gasteiger partial charge in [-0.05, 0) is 28.8 Å². The summed E-state index contributed by atoms with van der Waals surface area (Å²) < 4.78 is 0. The second-order valence-electron chi connectivity index (χ2n) is 6.11. The molecule has 2 aromatic carbocycles. The number of aliphatic hydroxyl groups is 2. The van der Waals surface area contributed by atoms with Gasteiger partial charge in [0.05, 0.1) is 18.6 Å². The summed E-state index contributed by atoms with van der Waals surface area (Å²) in [4.78, 5) is 12.9. The van der Waals surface area contributed by atoms with Gasteiger partial charge in [0.1, 0.15) is 0 Å². The summed E-state index contributed by atoms with van der Waals surface area (Å²) in [6.45, 7) is 0. The molecule has 2 aromatic rings. The first-order valence-corrected chi connectivity index (χ1v) is 9.19. The normalized spacial score (nSPS) is 15.2. The quantitative estimate of drug-likeness (QED) is 0.618. The molecule has 1 aliphatic heterocycles. The van der Waals surface area contributed by atoms with Gasteiger partial charge in [-0.25, -0.2) is 0 Å². The smallest absolute Gasteiger partial charge is 0.305 e. The van der Waals surface area contributed by atoms with E-state index in [0.717, 1.165) is 16.7 Å². The van der Waals surface area contributed by atoms with Crippen molar-refractivity contribution >= 4 is 23.3 Å². The topological polar surface area (TPSA) is 77.8 Å². The van der Waals surface area contributed by atoms with Crippen LogP contribution in [0.5, 0.6) is 0 Å². The van der Waals surface area contributed by atoms with Gasteiger partial charge >= 0.3 is 5.97 Å². The van der Waals surface area contributed by atoms with Crippen LogP contribution >= 0.6 is 11.8 Å². The van der Waals surface area contributed by atoms with Crippen LogP contribution in [0.2, 0.25) is 0 Å². The number of fused-ring (bicyclic) bond motifs is 2.